The van der Waals surface area contributed by atoms with E-state index in [0.717, 1.165) is 11.6 Å². The van der Waals surface area contributed by atoms with Crippen molar-refractivity contribution >= 4 is 11.6 Å². The van der Waals surface area contributed by atoms with Crippen molar-refractivity contribution in [3.63, 3.8) is 0 Å². The second-order valence-corrected chi connectivity index (χ2v) is 4.65. The molecule has 0 unspecified atom stereocenters. The first-order valence-electron chi connectivity index (χ1n) is 4.93. The van der Waals surface area contributed by atoms with E-state index < -0.39 is 0 Å². The summed E-state index contributed by atoms with van der Waals surface area (Å²) in [6.07, 6.45) is 0. The highest BCUT2D eigenvalue weighted by Gasteiger charge is 2.05. The lowest BCUT2D eigenvalue weighted by Crippen LogP contribution is -2.11. The summed E-state index contributed by atoms with van der Waals surface area (Å²) in [7, 11) is 4.10. The standard InChI is InChI=1S/C12H18ClN/c1-9(2)10-5-6-11(8-14(3)4)12(13)7-10/h5-7,9H,8H2,1-4H3. The van der Waals surface area contributed by atoms with Crippen molar-refractivity contribution in [2.24, 2.45) is 0 Å². The fourth-order valence-electron chi connectivity index (χ4n) is 1.39. The third-order valence-corrected chi connectivity index (χ3v) is 2.58. The highest BCUT2D eigenvalue weighted by atomic mass is 35.5. The maximum atomic E-state index is 6.19. The Morgan fingerprint density at radius 2 is 1.93 bits per heavy atom. The van der Waals surface area contributed by atoms with Gasteiger partial charge in [-0.1, -0.05) is 37.6 Å². The molecule has 0 fully saturated rings. The molecule has 0 aromatic heterocycles. The third kappa shape index (κ3) is 3.00. The Morgan fingerprint density at radius 1 is 1.29 bits per heavy atom. The van der Waals surface area contributed by atoms with Crippen LogP contribution in [0.15, 0.2) is 18.2 Å². The van der Waals surface area contributed by atoms with Gasteiger partial charge in [0.2, 0.25) is 0 Å². The van der Waals surface area contributed by atoms with Gasteiger partial charge in [0.25, 0.3) is 0 Å². The van der Waals surface area contributed by atoms with Gasteiger partial charge in [0.1, 0.15) is 0 Å². The summed E-state index contributed by atoms with van der Waals surface area (Å²) in [4.78, 5) is 2.12. The molecule has 0 aliphatic carbocycles. The smallest absolute Gasteiger partial charge is 0.0453 e. The van der Waals surface area contributed by atoms with Gasteiger partial charge in [0.05, 0.1) is 0 Å². The van der Waals surface area contributed by atoms with Gasteiger partial charge in [-0.05, 0) is 37.2 Å². The molecule has 2 heteroatoms. The fraction of sp³-hybridized carbons (Fsp3) is 0.500. The molecule has 0 radical (unpaired) electrons. The molecule has 0 saturated heterocycles. The molecule has 1 aromatic carbocycles. The van der Waals surface area contributed by atoms with Crippen LogP contribution in [0, 0.1) is 0 Å². The van der Waals surface area contributed by atoms with Crippen LogP contribution in [-0.2, 0) is 6.54 Å². The van der Waals surface area contributed by atoms with Crippen LogP contribution < -0.4 is 0 Å². The topological polar surface area (TPSA) is 3.24 Å². The van der Waals surface area contributed by atoms with E-state index in [1.165, 1.54) is 11.1 Å². The van der Waals surface area contributed by atoms with Crippen LogP contribution in [0.2, 0.25) is 5.02 Å². The molecule has 78 valence electrons. The van der Waals surface area contributed by atoms with Crippen LogP contribution >= 0.6 is 11.6 Å². The summed E-state index contributed by atoms with van der Waals surface area (Å²) in [5.74, 6) is 0.543. The molecule has 0 amide bonds. The predicted octanol–water partition coefficient (Wildman–Crippen LogP) is 3.53. The molecule has 1 rings (SSSR count). The summed E-state index contributed by atoms with van der Waals surface area (Å²) in [5.41, 5.74) is 2.50. The van der Waals surface area contributed by atoms with Crippen molar-refractivity contribution in [3.8, 4) is 0 Å². The zero-order valence-electron chi connectivity index (χ0n) is 9.34. The number of nitrogens with zero attached hydrogens (tertiary/aromatic N) is 1. The molecule has 14 heavy (non-hydrogen) atoms. The minimum Gasteiger partial charge on any atom is -0.305 e. The van der Waals surface area contributed by atoms with Crippen LogP contribution in [0.1, 0.15) is 30.9 Å². The molecule has 0 aliphatic rings. The first kappa shape index (κ1) is 11.5. The van der Waals surface area contributed by atoms with E-state index in [-0.39, 0.29) is 0 Å². The highest BCUT2D eigenvalue weighted by molar-refractivity contribution is 6.31. The van der Waals surface area contributed by atoms with E-state index in [4.69, 9.17) is 11.6 Å². The molecule has 0 aliphatic heterocycles. The van der Waals surface area contributed by atoms with Crippen molar-refractivity contribution in [2.75, 3.05) is 14.1 Å². The Bertz CT molecular complexity index is 305. The number of benzene rings is 1. The summed E-state index contributed by atoms with van der Waals surface area (Å²) in [5, 5.41) is 0.880. The second kappa shape index (κ2) is 4.81. The lowest BCUT2D eigenvalue weighted by Gasteiger charge is -2.13. The molecule has 1 aromatic rings. The fourth-order valence-corrected chi connectivity index (χ4v) is 1.64. The molecule has 0 atom stereocenters. The van der Waals surface area contributed by atoms with E-state index in [1.54, 1.807) is 0 Å². The Labute approximate surface area is 91.7 Å². The SMILES string of the molecule is CC(C)c1ccc(CN(C)C)c(Cl)c1. The maximum Gasteiger partial charge on any atom is 0.0453 e. The molecular formula is C12H18ClN. The zero-order valence-corrected chi connectivity index (χ0v) is 10.1. The normalized spacial score (nSPS) is 11.4. The minimum absolute atomic E-state index is 0.543. The van der Waals surface area contributed by atoms with Crippen molar-refractivity contribution in [3.05, 3.63) is 34.3 Å². The van der Waals surface area contributed by atoms with Gasteiger partial charge in [0.15, 0.2) is 0 Å². The van der Waals surface area contributed by atoms with Crippen molar-refractivity contribution < 1.29 is 0 Å². The Balaban J connectivity index is 2.90. The average molecular weight is 212 g/mol. The van der Waals surface area contributed by atoms with Gasteiger partial charge in [-0.3, -0.25) is 0 Å². The van der Waals surface area contributed by atoms with Gasteiger partial charge in [0, 0.05) is 11.6 Å². The van der Waals surface area contributed by atoms with Crippen molar-refractivity contribution in [2.45, 2.75) is 26.3 Å². The molecular weight excluding hydrogens is 194 g/mol. The van der Waals surface area contributed by atoms with Crippen LogP contribution in [0.25, 0.3) is 0 Å². The second-order valence-electron chi connectivity index (χ2n) is 4.24. The number of rotatable bonds is 3. The van der Waals surface area contributed by atoms with Gasteiger partial charge in [-0.25, -0.2) is 0 Å². The Hall–Kier alpha value is -0.530. The van der Waals surface area contributed by atoms with Gasteiger partial charge in [-0.2, -0.15) is 0 Å². The Morgan fingerprint density at radius 3 is 2.36 bits per heavy atom. The van der Waals surface area contributed by atoms with Crippen LogP contribution in [0.5, 0.6) is 0 Å². The van der Waals surface area contributed by atoms with Crippen molar-refractivity contribution in [1.29, 1.82) is 0 Å². The average Bonchev–Trinajstić information content (AvgIpc) is 2.07. The summed E-state index contributed by atoms with van der Waals surface area (Å²) in [6.45, 7) is 5.26. The molecule has 0 spiro atoms. The van der Waals surface area contributed by atoms with Gasteiger partial charge >= 0.3 is 0 Å². The van der Waals surface area contributed by atoms with Crippen LogP contribution in [0.3, 0.4) is 0 Å². The van der Waals surface area contributed by atoms with E-state index in [1.807, 2.05) is 14.1 Å². The number of hydrogen-bond acceptors (Lipinski definition) is 1. The lowest BCUT2D eigenvalue weighted by molar-refractivity contribution is 0.402. The zero-order chi connectivity index (χ0) is 10.7. The summed E-state index contributed by atoms with van der Waals surface area (Å²) >= 11 is 6.19. The van der Waals surface area contributed by atoms with Crippen LogP contribution in [0.4, 0.5) is 0 Å². The molecule has 0 heterocycles. The monoisotopic (exact) mass is 211 g/mol. The lowest BCUT2D eigenvalue weighted by atomic mass is 10.0. The molecule has 0 N–H and O–H groups in total. The summed E-state index contributed by atoms with van der Waals surface area (Å²) < 4.78 is 0. The Kier molecular flexibility index (Phi) is 3.97. The van der Waals surface area contributed by atoms with Crippen molar-refractivity contribution in [1.82, 2.24) is 4.90 Å². The van der Waals surface area contributed by atoms with Crippen LogP contribution in [-0.4, -0.2) is 19.0 Å². The highest BCUT2D eigenvalue weighted by Crippen LogP contribution is 2.23. The van der Waals surface area contributed by atoms with E-state index in [9.17, 15) is 0 Å². The first-order valence-corrected chi connectivity index (χ1v) is 5.31. The maximum absolute atomic E-state index is 6.19. The number of halogens is 1. The third-order valence-electron chi connectivity index (χ3n) is 2.23. The van der Waals surface area contributed by atoms with E-state index in [0.29, 0.717) is 5.92 Å². The quantitative estimate of drug-likeness (QED) is 0.740. The van der Waals surface area contributed by atoms with E-state index >= 15 is 0 Å². The van der Waals surface area contributed by atoms with Gasteiger partial charge in [-0.15, -0.1) is 0 Å². The number of hydrogen-bond donors (Lipinski definition) is 0. The van der Waals surface area contributed by atoms with E-state index in [2.05, 4.69) is 36.9 Å². The first-order chi connectivity index (χ1) is 6.50. The molecule has 0 saturated carbocycles. The minimum atomic E-state index is 0.543. The largest absolute Gasteiger partial charge is 0.305 e. The molecule has 0 bridgehead atoms. The predicted molar refractivity (Wildman–Crippen MR) is 62.9 cm³/mol. The summed E-state index contributed by atoms with van der Waals surface area (Å²) in [6, 6.07) is 6.36. The molecule has 1 nitrogen and oxygen atoms in total. The van der Waals surface area contributed by atoms with Gasteiger partial charge < -0.3 is 4.90 Å².